The Morgan fingerprint density at radius 2 is 2.22 bits per heavy atom. The van der Waals surface area contributed by atoms with Gasteiger partial charge < -0.3 is 5.11 Å². The van der Waals surface area contributed by atoms with Gasteiger partial charge in [-0.25, -0.2) is 4.79 Å². The van der Waals surface area contributed by atoms with Crippen molar-refractivity contribution in [1.82, 2.24) is 5.06 Å². The number of hydrogen-bond acceptors (Lipinski definition) is 2. The van der Waals surface area contributed by atoms with Crippen LogP contribution in [0.1, 0.15) is 20.3 Å². The van der Waals surface area contributed by atoms with E-state index in [1.807, 2.05) is 0 Å². The predicted octanol–water partition coefficient (Wildman–Crippen LogP) is 1.15. The van der Waals surface area contributed by atoms with Gasteiger partial charge in [-0.2, -0.15) is 5.06 Å². The Hall–Kier alpha value is -0.770. The third-order valence-electron chi connectivity index (χ3n) is 1.20. The molecule has 0 bridgehead atoms. The van der Waals surface area contributed by atoms with Crippen LogP contribution in [0.15, 0.2) is 0 Å². The third-order valence-corrected chi connectivity index (χ3v) is 1.20. The minimum Gasteiger partial charge on any atom is -0.463 e. The van der Waals surface area contributed by atoms with Gasteiger partial charge in [0.05, 0.1) is 6.04 Å². The zero-order valence-electron chi connectivity index (χ0n) is 5.53. The first-order chi connectivity index (χ1) is 4.09. The van der Waals surface area contributed by atoms with E-state index in [9.17, 15) is 4.79 Å². The molecule has 2 N–H and O–H groups in total. The summed E-state index contributed by atoms with van der Waals surface area (Å²) in [4.78, 5) is 9.98. The standard InChI is InChI=1S/C5H11NO3/c1-3-4(2)6(9)5(7)8/h4,9H,3H2,1-2H3,(H,7,8)/t4-/m0/s1. The van der Waals surface area contributed by atoms with Crippen LogP contribution in [0.3, 0.4) is 0 Å². The number of carbonyl (C=O) groups is 1. The fourth-order valence-corrected chi connectivity index (χ4v) is 0.361. The molecule has 0 fully saturated rings. The lowest BCUT2D eigenvalue weighted by Crippen LogP contribution is -2.33. The van der Waals surface area contributed by atoms with Gasteiger partial charge in [-0.3, -0.25) is 5.21 Å². The lowest BCUT2D eigenvalue weighted by Gasteiger charge is -2.16. The van der Waals surface area contributed by atoms with Crippen molar-refractivity contribution < 1.29 is 15.1 Å². The molecule has 0 aliphatic carbocycles. The second-order valence-corrected chi connectivity index (χ2v) is 1.88. The Kier molecular flexibility index (Phi) is 3.01. The van der Waals surface area contributed by atoms with E-state index >= 15 is 0 Å². The van der Waals surface area contributed by atoms with Gasteiger partial charge in [0.1, 0.15) is 0 Å². The average Bonchev–Trinajstić information content (AvgIpc) is 1.84. The van der Waals surface area contributed by atoms with E-state index < -0.39 is 6.09 Å². The SMILES string of the molecule is CC[C@H](C)N(O)C(=O)O. The summed E-state index contributed by atoms with van der Waals surface area (Å²) in [7, 11) is 0. The van der Waals surface area contributed by atoms with E-state index in [1.165, 1.54) is 0 Å². The molecule has 0 aliphatic rings. The van der Waals surface area contributed by atoms with Crippen molar-refractivity contribution in [3.05, 3.63) is 0 Å². The maximum atomic E-state index is 9.98. The van der Waals surface area contributed by atoms with Crippen molar-refractivity contribution in [1.29, 1.82) is 0 Å². The van der Waals surface area contributed by atoms with Crippen LogP contribution in [0.4, 0.5) is 4.79 Å². The molecule has 9 heavy (non-hydrogen) atoms. The van der Waals surface area contributed by atoms with E-state index in [0.29, 0.717) is 11.5 Å². The zero-order chi connectivity index (χ0) is 7.44. The molecule has 1 atom stereocenters. The molecule has 0 unspecified atom stereocenters. The summed E-state index contributed by atoms with van der Waals surface area (Å²) < 4.78 is 0. The molecule has 0 spiro atoms. The molecule has 4 heteroatoms. The summed E-state index contributed by atoms with van der Waals surface area (Å²) in [5.74, 6) is 0. The number of rotatable bonds is 2. The highest BCUT2D eigenvalue weighted by Crippen LogP contribution is 1.98. The first-order valence-corrected chi connectivity index (χ1v) is 2.80. The fourth-order valence-electron chi connectivity index (χ4n) is 0.361. The molecule has 0 aliphatic heterocycles. The van der Waals surface area contributed by atoms with Gasteiger partial charge in [0.2, 0.25) is 0 Å². The van der Waals surface area contributed by atoms with Crippen molar-refractivity contribution in [2.75, 3.05) is 0 Å². The van der Waals surface area contributed by atoms with Crippen molar-refractivity contribution in [2.45, 2.75) is 26.3 Å². The smallest absolute Gasteiger partial charge is 0.431 e. The van der Waals surface area contributed by atoms with Gasteiger partial charge in [0, 0.05) is 0 Å². The maximum absolute atomic E-state index is 9.98. The summed E-state index contributed by atoms with van der Waals surface area (Å²) in [6.07, 6.45) is -0.688. The molecule has 0 rings (SSSR count). The topological polar surface area (TPSA) is 60.8 Å². The highest BCUT2D eigenvalue weighted by atomic mass is 16.6. The number of carboxylic acid groups (broad SMARTS) is 1. The largest absolute Gasteiger partial charge is 0.463 e. The molecular formula is C5H11NO3. The van der Waals surface area contributed by atoms with Gasteiger partial charge in [-0.05, 0) is 13.3 Å². The minimum absolute atomic E-state index is 0.306. The number of hydroxylamine groups is 2. The van der Waals surface area contributed by atoms with Gasteiger partial charge in [-0.1, -0.05) is 6.92 Å². The van der Waals surface area contributed by atoms with Crippen LogP contribution < -0.4 is 0 Å². The van der Waals surface area contributed by atoms with E-state index in [0.717, 1.165) is 0 Å². The maximum Gasteiger partial charge on any atom is 0.431 e. The first kappa shape index (κ1) is 8.23. The van der Waals surface area contributed by atoms with Crippen molar-refractivity contribution >= 4 is 6.09 Å². The molecule has 0 aromatic heterocycles. The van der Waals surface area contributed by atoms with Gasteiger partial charge in [0.25, 0.3) is 0 Å². The molecule has 0 saturated carbocycles. The summed E-state index contributed by atoms with van der Waals surface area (Å²) >= 11 is 0. The normalized spacial score (nSPS) is 12.8. The number of hydrogen-bond donors (Lipinski definition) is 2. The Bertz CT molecular complexity index is 104. The van der Waals surface area contributed by atoms with Crippen LogP contribution in [-0.2, 0) is 0 Å². The Morgan fingerprint density at radius 3 is 2.33 bits per heavy atom. The molecule has 0 saturated heterocycles. The Labute approximate surface area is 53.7 Å². The van der Waals surface area contributed by atoms with Gasteiger partial charge >= 0.3 is 6.09 Å². The zero-order valence-corrected chi connectivity index (χ0v) is 5.53. The second kappa shape index (κ2) is 3.29. The van der Waals surface area contributed by atoms with Crippen LogP contribution in [-0.4, -0.2) is 27.5 Å². The molecule has 0 heterocycles. The van der Waals surface area contributed by atoms with Crippen molar-refractivity contribution in [2.24, 2.45) is 0 Å². The van der Waals surface area contributed by atoms with Crippen molar-refractivity contribution in [3.63, 3.8) is 0 Å². The molecule has 0 aromatic rings. The average molecular weight is 133 g/mol. The van der Waals surface area contributed by atoms with E-state index in [-0.39, 0.29) is 6.04 Å². The van der Waals surface area contributed by atoms with E-state index in [2.05, 4.69) is 0 Å². The van der Waals surface area contributed by atoms with E-state index in [1.54, 1.807) is 13.8 Å². The van der Waals surface area contributed by atoms with Crippen LogP contribution in [0, 0.1) is 0 Å². The molecule has 0 aromatic carbocycles. The van der Waals surface area contributed by atoms with Crippen LogP contribution in [0.25, 0.3) is 0 Å². The van der Waals surface area contributed by atoms with Gasteiger partial charge in [0.15, 0.2) is 0 Å². The Morgan fingerprint density at radius 1 is 1.78 bits per heavy atom. The van der Waals surface area contributed by atoms with E-state index in [4.69, 9.17) is 10.3 Å². The molecule has 0 radical (unpaired) electrons. The minimum atomic E-state index is -1.30. The summed E-state index contributed by atoms with van der Waals surface area (Å²) in [6.45, 7) is 3.44. The lowest BCUT2D eigenvalue weighted by atomic mass is 10.3. The highest BCUT2D eigenvalue weighted by molar-refractivity contribution is 5.63. The first-order valence-electron chi connectivity index (χ1n) is 2.80. The summed E-state index contributed by atoms with van der Waals surface area (Å²) in [5.41, 5.74) is 0. The summed E-state index contributed by atoms with van der Waals surface area (Å²) in [6, 6.07) is -0.317. The van der Waals surface area contributed by atoms with Crippen LogP contribution >= 0.6 is 0 Å². The summed E-state index contributed by atoms with van der Waals surface area (Å²) in [5, 5.41) is 17.1. The highest BCUT2D eigenvalue weighted by Gasteiger charge is 2.13. The van der Waals surface area contributed by atoms with Crippen LogP contribution in [0.5, 0.6) is 0 Å². The molecule has 54 valence electrons. The molecule has 4 nitrogen and oxygen atoms in total. The molecule has 1 amide bonds. The quantitative estimate of drug-likeness (QED) is 0.439. The Balaban J connectivity index is 3.72. The fraction of sp³-hybridized carbons (Fsp3) is 0.800. The van der Waals surface area contributed by atoms with Gasteiger partial charge in [-0.15, -0.1) is 0 Å². The third kappa shape index (κ3) is 2.32. The number of amides is 1. The monoisotopic (exact) mass is 133 g/mol. The predicted molar refractivity (Wildman–Crippen MR) is 31.4 cm³/mol. The number of nitrogens with zero attached hydrogens (tertiary/aromatic N) is 1. The van der Waals surface area contributed by atoms with Crippen LogP contribution in [0.2, 0.25) is 0 Å². The van der Waals surface area contributed by atoms with Crippen molar-refractivity contribution in [3.8, 4) is 0 Å². The lowest BCUT2D eigenvalue weighted by molar-refractivity contribution is -0.0919. The molecular weight excluding hydrogens is 122 g/mol. The second-order valence-electron chi connectivity index (χ2n) is 1.88.